The van der Waals surface area contributed by atoms with Crippen LogP contribution in [0.1, 0.15) is 25.7 Å². The van der Waals surface area contributed by atoms with Crippen LogP contribution in [0.3, 0.4) is 0 Å². The highest BCUT2D eigenvalue weighted by Gasteiger charge is 2.16. The minimum atomic E-state index is -2.55. The maximum absolute atomic E-state index is 10.4. The lowest BCUT2D eigenvalue weighted by Gasteiger charge is -1.81. The highest BCUT2D eigenvalue weighted by molar-refractivity contribution is 7.91. The fourth-order valence-corrected chi connectivity index (χ4v) is 4.48. The van der Waals surface area contributed by atoms with Crippen molar-refractivity contribution < 1.29 is 25.3 Å². The van der Waals surface area contributed by atoms with Crippen molar-refractivity contribution >= 4 is 31.2 Å². The smallest absolute Gasteiger partial charge is 0.229 e. The molecule has 0 aromatic heterocycles. The fraction of sp³-hybridized carbons (Fsp3) is 1.00. The molecule has 2 saturated heterocycles. The minimum Gasteiger partial charge on any atom is -0.229 e. The first-order valence-corrected chi connectivity index (χ1v) is 9.46. The van der Waals surface area contributed by atoms with E-state index in [-0.39, 0.29) is 0 Å². The molecule has 0 saturated carbocycles. The number of hydrogen-bond acceptors (Lipinski definition) is 6. The molecular weight excluding hydrogens is 288 g/mol. The van der Waals surface area contributed by atoms with Crippen LogP contribution in [-0.2, 0) is 31.2 Å². The van der Waals surface area contributed by atoms with Crippen molar-refractivity contribution in [3.05, 3.63) is 0 Å². The lowest BCUT2D eigenvalue weighted by Crippen LogP contribution is -1.98. The van der Waals surface area contributed by atoms with Gasteiger partial charge in [-0.3, -0.25) is 0 Å². The molecule has 2 heterocycles. The highest BCUT2D eigenvalue weighted by atomic mass is 32.2. The van der Waals surface area contributed by atoms with Gasteiger partial charge in [0, 0.05) is 0 Å². The van der Waals surface area contributed by atoms with E-state index in [4.69, 9.17) is 8.42 Å². The van der Waals surface area contributed by atoms with Gasteiger partial charge >= 0.3 is 11.6 Å². The Morgan fingerprint density at radius 1 is 0.588 bits per heavy atom. The number of sulfone groups is 2. The number of rotatable bonds is 0. The molecule has 2 rings (SSSR count). The SMILES string of the molecule is O=S1(=O)CCCC1.O=S1(=O)CCCC1.O=S=O. The molecule has 2 fully saturated rings. The molecular formula is C8H16O6S3. The third-order valence-corrected chi connectivity index (χ3v) is 5.96. The molecule has 0 aromatic rings. The van der Waals surface area contributed by atoms with Crippen LogP contribution in [-0.4, -0.2) is 48.3 Å². The second kappa shape index (κ2) is 7.93. The molecule has 0 unspecified atom stereocenters. The van der Waals surface area contributed by atoms with Crippen molar-refractivity contribution in [1.29, 1.82) is 0 Å². The Balaban J connectivity index is 0.000000247. The Morgan fingerprint density at radius 3 is 0.824 bits per heavy atom. The predicted molar refractivity (Wildman–Crippen MR) is 64.7 cm³/mol. The van der Waals surface area contributed by atoms with Gasteiger partial charge in [-0.25, -0.2) is 16.8 Å². The van der Waals surface area contributed by atoms with Gasteiger partial charge in [-0.05, 0) is 25.7 Å². The van der Waals surface area contributed by atoms with Gasteiger partial charge in [-0.2, -0.15) is 8.42 Å². The fourth-order valence-electron chi connectivity index (χ4n) is 1.49. The third kappa shape index (κ3) is 9.42. The van der Waals surface area contributed by atoms with Crippen LogP contribution in [0.5, 0.6) is 0 Å². The molecule has 0 aromatic carbocycles. The first-order chi connectivity index (χ1) is 7.83. The predicted octanol–water partition coefficient (Wildman–Crippen LogP) is -0.280. The van der Waals surface area contributed by atoms with Gasteiger partial charge < -0.3 is 0 Å². The quantitative estimate of drug-likeness (QED) is 0.610. The van der Waals surface area contributed by atoms with Crippen molar-refractivity contribution in [1.82, 2.24) is 0 Å². The van der Waals surface area contributed by atoms with E-state index in [1.54, 1.807) is 0 Å². The van der Waals surface area contributed by atoms with E-state index < -0.39 is 31.2 Å². The maximum atomic E-state index is 10.4. The zero-order valence-electron chi connectivity index (χ0n) is 9.33. The lowest BCUT2D eigenvalue weighted by atomic mass is 10.4. The summed E-state index contributed by atoms with van der Waals surface area (Å²) in [6.07, 6.45) is 3.51. The zero-order chi connectivity index (χ0) is 13.4. The molecule has 0 atom stereocenters. The van der Waals surface area contributed by atoms with Crippen LogP contribution < -0.4 is 0 Å². The second-order valence-corrected chi connectivity index (χ2v) is 8.53. The lowest BCUT2D eigenvalue weighted by molar-refractivity contribution is 0.600. The average Bonchev–Trinajstić information content (AvgIpc) is 2.76. The summed E-state index contributed by atoms with van der Waals surface area (Å²) >= 11 is -0.750. The van der Waals surface area contributed by atoms with Crippen LogP contribution in [0.4, 0.5) is 0 Å². The molecule has 2 aliphatic heterocycles. The molecule has 0 spiro atoms. The van der Waals surface area contributed by atoms with E-state index in [0.29, 0.717) is 23.0 Å². The van der Waals surface area contributed by atoms with Gasteiger partial charge in [-0.1, -0.05) is 0 Å². The summed E-state index contributed by atoms with van der Waals surface area (Å²) in [6, 6.07) is 0. The molecule has 0 aliphatic carbocycles. The average molecular weight is 304 g/mol. The Hall–Kier alpha value is -0.280. The summed E-state index contributed by atoms with van der Waals surface area (Å²) in [4.78, 5) is 0. The van der Waals surface area contributed by atoms with Crippen molar-refractivity contribution in [2.24, 2.45) is 0 Å². The normalized spacial score (nSPS) is 23.8. The van der Waals surface area contributed by atoms with Crippen LogP contribution in [0, 0.1) is 0 Å². The van der Waals surface area contributed by atoms with Gasteiger partial charge in [0.2, 0.25) is 0 Å². The zero-order valence-corrected chi connectivity index (χ0v) is 11.8. The number of hydrogen-bond donors (Lipinski definition) is 0. The van der Waals surface area contributed by atoms with E-state index in [1.165, 1.54) is 0 Å². The summed E-state index contributed by atoms with van der Waals surface area (Å²) in [7, 11) is -5.09. The summed E-state index contributed by atoms with van der Waals surface area (Å²) in [5.74, 6) is 1.69. The molecule has 2 aliphatic rings. The van der Waals surface area contributed by atoms with E-state index in [9.17, 15) is 16.8 Å². The largest absolute Gasteiger partial charge is 0.335 e. The summed E-state index contributed by atoms with van der Waals surface area (Å²) in [6.45, 7) is 0. The van der Waals surface area contributed by atoms with E-state index in [1.807, 2.05) is 0 Å². The molecule has 9 heteroatoms. The standard InChI is InChI=1S/2C4H8O2S.O2S/c2*5-7(6)3-1-2-4-7;1-3-2/h2*1-4H2;. The molecule has 102 valence electrons. The first-order valence-electron chi connectivity index (χ1n) is 5.15. The van der Waals surface area contributed by atoms with Gasteiger partial charge in [0.1, 0.15) is 19.7 Å². The highest BCUT2D eigenvalue weighted by Crippen LogP contribution is 2.08. The summed E-state index contributed by atoms with van der Waals surface area (Å²) in [5, 5.41) is 0. The van der Waals surface area contributed by atoms with Crippen LogP contribution in [0.25, 0.3) is 0 Å². The minimum absolute atomic E-state index is 0.424. The Bertz CT molecular complexity index is 382. The molecule has 0 amide bonds. The Labute approximate surface area is 105 Å². The van der Waals surface area contributed by atoms with Gasteiger partial charge in [0.25, 0.3) is 0 Å². The maximum Gasteiger partial charge on any atom is 0.335 e. The van der Waals surface area contributed by atoms with E-state index in [2.05, 4.69) is 0 Å². The Morgan fingerprint density at radius 2 is 0.765 bits per heavy atom. The topological polar surface area (TPSA) is 102 Å². The van der Waals surface area contributed by atoms with Gasteiger partial charge in [-0.15, -0.1) is 0 Å². The van der Waals surface area contributed by atoms with Crippen molar-refractivity contribution in [3.63, 3.8) is 0 Å². The van der Waals surface area contributed by atoms with E-state index >= 15 is 0 Å². The second-order valence-electron chi connectivity index (χ2n) is 3.79. The van der Waals surface area contributed by atoms with Crippen molar-refractivity contribution in [2.75, 3.05) is 23.0 Å². The van der Waals surface area contributed by atoms with Crippen LogP contribution >= 0.6 is 0 Å². The molecule has 0 N–H and O–H groups in total. The molecule has 6 nitrogen and oxygen atoms in total. The van der Waals surface area contributed by atoms with Crippen LogP contribution in [0.15, 0.2) is 0 Å². The van der Waals surface area contributed by atoms with Crippen molar-refractivity contribution in [2.45, 2.75) is 25.7 Å². The molecule has 17 heavy (non-hydrogen) atoms. The Kier molecular flexibility index (Phi) is 7.80. The van der Waals surface area contributed by atoms with Crippen molar-refractivity contribution in [3.8, 4) is 0 Å². The van der Waals surface area contributed by atoms with E-state index in [0.717, 1.165) is 25.7 Å². The monoisotopic (exact) mass is 304 g/mol. The molecule has 0 radical (unpaired) electrons. The first kappa shape index (κ1) is 16.7. The summed E-state index contributed by atoms with van der Waals surface area (Å²) < 4.78 is 58.3. The molecule has 0 bridgehead atoms. The van der Waals surface area contributed by atoms with Gasteiger partial charge in [0.05, 0.1) is 23.0 Å². The summed E-state index contributed by atoms with van der Waals surface area (Å²) in [5.41, 5.74) is 0. The van der Waals surface area contributed by atoms with Gasteiger partial charge in [0.15, 0.2) is 0 Å². The third-order valence-electron chi connectivity index (χ3n) is 2.32. The van der Waals surface area contributed by atoms with Crippen LogP contribution in [0.2, 0.25) is 0 Å².